The lowest BCUT2D eigenvalue weighted by Crippen LogP contribution is -2.38. The molecule has 0 fully saturated rings. The molecule has 2 amide bonds. The molecular weight excluding hydrogens is 361 g/mol. The molecular formula is C21H16FN3O3. The highest BCUT2D eigenvalue weighted by atomic mass is 19.1. The minimum Gasteiger partial charge on any atom is -0.482 e. The molecule has 1 aliphatic heterocycles. The molecule has 28 heavy (non-hydrogen) atoms. The highest BCUT2D eigenvalue weighted by Gasteiger charge is 2.27. The molecule has 0 unspecified atom stereocenters. The van der Waals surface area contributed by atoms with Crippen molar-refractivity contribution in [1.29, 1.82) is 0 Å². The number of ether oxygens (including phenoxy) is 1. The van der Waals surface area contributed by atoms with E-state index in [1.165, 1.54) is 23.4 Å². The summed E-state index contributed by atoms with van der Waals surface area (Å²) >= 11 is 0. The van der Waals surface area contributed by atoms with Crippen LogP contribution < -0.4 is 15.0 Å². The Balaban J connectivity index is 1.62. The van der Waals surface area contributed by atoms with Crippen LogP contribution in [-0.4, -0.2) is 23.4 Å². The molecule has 0 radical (unpaired) electrons. The molecule has 7 heteroatoms. The predicted octanol–water partition coefficient (Wildman–Crippen LogP) is 3.40. The van der Waals surface area contributed by atoms with Crippen LogP contribution in [0.4, 0.5) is 15.8 Å². The van der Waals surface area contributed by atoms with Gasteiger partial charge >= 0.3 is 0 Å². The van der Waals surface area contributed by atoms with Crippen molar-refractivity contribution in [3.05, 3.63) is 83.9 Å². The van der Waals surface area contributed by atoms with Crippen molar-refractivity contribution < 1.29 is 18.7 Å². The van der Waals surface area contributed by atoms with Gasteiger partial charge < -0.3 is 15.0 Å². The average Bonchev–Trinajstić information content (AvgIpc) is 2.72. The number of anilines is 2. The lowest BCUT2D eigenvalue weighted by Gasteiger charge is -2.30. The summed E-state index contributed by atoms with van der Waals surface area (Å²) in [4.78, 5) is 30.1. The van der Waals surface area contributed by atoms with Gasteiger partial charge in [-0.3, -0.25) is 14.6 Å². The van der Waals surface area contributed by atoms with Crippen molar-refractivity contribution in [3.63, 3.8) is 0 Å². The van der Waals surface area contributed by atoms with Crippen LogP contribution in [0.2, 0.25) is 0 Å². The number of amides is 2. The summed E-state index contributed by atoms with van der Waals surface area (Å²) in [6.07, 6.45) is 3.06. The van der Waals surface area contributed by atoms with E-state index in [2.05, 4.69) is 10.3 Å². The van der Waals surface area contributed by atoms with Gasteiger partial charge in [-0.2, -0.15) is 0 Å². The van der Waals surface area contributed by atoms with Gasteiger partial charge in [-0.15, -0.1) is 0 Å². The molecule has 0 aliphatic carbocycles. The molecule has 2 aromatic carbocycles. The van der Waals surface area contributed by atoms with Crippen LogP contribution in [0.3, 0.4) is 0 Å². The standard InChI is InChI=1S/C21H16FN3O3/c22-17-4-2-1-3-15(17)12-25-18-11-16(5-6-19(18)28-13-20(25)26)24-21(27)14-7-9-23-10-8-14/h1-11H,12-13H2,(H,24,27). The maximum atomic E-state index is 14.1. The van der Waals surface area contributed by atoms with Crippen molar-refractivity contribution in [2.24, 2.45) is 0 Å². The zero-order chi connectivity index (χ0) is 19.5. The second-order valence-corrected chi connectivity index (χ2v) is 6.23. The largest absolute Gasteiger partial charge is 0.482 e. The van der Waals surface area contributed by atoms with Crippen molar-refractivity contribution in [1.82, 2.24) is 4.98 Å². The molecule has 2 heterocycles. The van der Waals surface area contributed by atoms with Gasteiger partial charge in [0.1, 0.15) is 11.6 Å². The Morgan fingerprint density at radius 2 is 1.93 bits per heavy atom. The quantitative estimate of drug-likeness (QED) is 0.757. The predicted molar refractivity (Wildman–Crippen MR) is 102 cm³/mol. The van der Waals surface area contributed by atoms with E-state index in [1.807, 2.05) is 0 Å². The summed E-state index contributed by atoms with van der Waals surface area (Å²) in [5.41, 5.74) is 1.84. The van der Waals surface area contributed by atoms with Gasteiger partial charge in [0.2, 0.25) is 0 Å². The van der Waals surface area contributed by atoms with Gasteiger partial charge in [0.05, 0.1) is 12.2 Å². The Morgan fingerprint density at radius 3 is 2.71 bits per heavy atom. The van der Waals surface area contributed by atoms with Gasteiger partial charge in [0, 0.05) is 29.2 Å². The number of carbonyl (C=O) groups excluding carboxylic acids is 2. The molecule has 1 aliphatic rings. The van der Waals surface area contributed by atoms with Crippen LogP contribution in [0.5, 0.6) is 5.75 Å². The first-order valence-electron chi connectivity index (χ1n) is 8.64. The normalized spacial score (nSPS) is 12.9. The van der Waals surface area contributed by atoms with E-state index in [0.29, 0.717) is 28.3 Å². The molecule has 1 aromatic heterocycles. The van der Waals surface area contributed by atoms with Gasteiger partial charge in [-0.1, -0.05) is 18.2 Å². The number of hydrogen-bond donors (Lipinski definition) is 1. The van der Waals surface area contributed by atoms with Gasteiger partial charge in [0.15, 0.2) is 6.61 Å². The lowest BCUT2D eigenvalue weighted by atomic mass is 10.1. The Labute approximate surface area is 160 Å². The Kier molecular flexibility index (Phi) is 4.72. The highest BCUT2D eigenvalue weighted by molar-refractivity contribution is 6.05. The van der Waals surface area contributed by atoms with Crippen molar-refractivity contribution >= 4 is 23.2 Å². The van der Waals surface area contributed by atoms with Gasteiger partial charge in [0.25, 0.3) is 11.8 Å². The summed E-state index contributed by atoms with van der Waals surface area (Å²) in [6.45, 7) is -0.0478. The zero-order valence-electron chi connectivity index (χ0n) is 14.8. The van der Waals surface area contributed by atoms with Crippen LogP contribution in [0.25, 0.3) is 0 Å². The topological polar surface area (TPSA) is 71.5 Å². The highest BCUT2D eigenvalue weighted by Crippen LogP contribution is 2.35. The number of benzene rings is 2. The van der Waals surface area contributed by atoms with E-state index in [4.69, 9.17) is 4.74 Å². The van der Waals surface area contributed by atoms with E-state index < -0.39 is 0 Å². The minimum atomic E-state index is -0.384. The number of rotatable bonds is 4. The number of hydrogen-bond acceptors (Lipinski definition) is 4. The van der Waals surface area contributed by atoms with E-state index in [-0.39, 0.29) is 30.8 Å². The van der Waals surface area contributed by atoms with E-state index in [0.717, 1.165) is 0 Å². The smallest absolute Gasteiger partial charge is 0.265 e. The lowest BCUT2D eigenvalue weighted by molar-refractivity contribution is -0.121. The average molecular weight is 377 g/mol. The second kappa shape index (κ2) is 7.48. The molecule has 0 saturated carbocycles. The summed E-state index contributed by atoms with van der Waals surface area (Å²) < 4.78 is 19.5. The van der Waals surface area contributed by atoms with Crippen LogP contribution in [0.1, 0.15) is 15.9 Å². The molecule has 3 aromatic rings. The van der Waals surface area contributed by atoms with Gasteiger partial charge in [-0.05, 0) is 36.4 Å². The van der Waals surface area contributed by atoms with E-state index in [1.54, 1.807) is 48.5 Å². The third-order valence-corrected chi connectivity index (χ3v) is 4.39. The van der Waals surface area contributed by atoms with Crippen LogP contribution in [-0.2, 0) is 11.3 Å². The number of carbonyl (C=O) groups is 2. The molecule has 0 bridgehead atoms. The molecule has 0 spiro atoms. The monoisotopic (exact) mass is 377 g/mol. The maximum Gasteiger partial charge on any atom is 0.265 e. The van der Waals surface area contributed by atoms with Crippen molar-refractivity contribution in [3.8, 4) is 5.75 Å². The number of fused-ring (bicyclic) bond motifs is 1. The van der Waals surface area contributed by atoms with Crippen LogP contribution in [0.15, 0.2) is 67.0 Å². The maximum absolute atomic E-state index is 14.1. The first-order chi connectivity index (χ1) is 13.6. The SMILES string of the molecule is O=C(Nc1ccc2c(c1)N(Cc1ccccc1F)C(=O)CO2)c1ccncc1. The number of pyridine rings is 1. The third-order valence-electron chi connectivity index (χ3n) is 4.39. The minimum absolute atomic E-state index is 0.0730. The number of nitrogens with one attached hydrogen (secondary N) is 1. The summed E-state index contributed by atoms with van der Waals surface area (Å²) in [5.74, 6) is -0.470. The number of aromatic nitrogens is 1. The first-order valence-corrected chi connectivity index (χ1v) is 8.64. The van der Waals surface area contributed by atoms with E-state index >= 15 is 0 Å². The Bertz CT molecular complexity index is 1040. The fourth-order valence-electron chi connectivity index (χ4n) is 2.96. The molecule has 140 valence electrons. The molecule has 0 saturated heterocycles. The van der Waals surface area contributed by atoms with Crippen LogP contribution in [0, 0.1) is 5.82 Å². The molecule has 1 N–H and O–H groups in total. The third kappa shape index (κ3) is 3.55. The summed E-state index contributed by atoms with van der Waals surface area (Å²) in [6, 6.07) is 14.5. The zero-order valence-corrected chi connectivity index (χ0v) is 14.8. The van der Waals surface area contributed by atoms with Crippen molar-refractivity contribution in [2.45, 2.75) is 6.54 Å². The number of nitrogens with zero attached hydrogens (tertiary/aromatic N) is 2. The van der Waals surface area contributed by atoms with Gasteiger partial charge in [-0.25, -0.2) is 4.39 Å². The fourth-order valence-corrected chi connectivity index (χ4v) is 2.96. The molecule has 6 nitrogen and oxygen atoms in total. The second-order valence-electron chi connectivity index (χ2n) is 6.23. The van der Waals surface area contributed by atoms with Crippen LogP contribution >= 0.6 is 0 Å². The van der Waals surface area contributed by atoms with Crippen molar-refractivity contribution in [2.75, 3.05) is 16.8 Å². The molecule has 4 rings (SSSR count). The Hall–Kier alpha value is -3.74. The molecule has 0 atom stereocenters. The van der Waals surface area contributed by atoms with E-state index in [9.17, 15) is 14.0 Å². The number of halogens is 1. The first kappa shape index (κ1) is 17.7. The summed E-state index contributed by atoms with van der Waals surface area (Å²) in [5, 5.41) is 2.78. The Morgan fingerprint density at radius 1 is 1.14 bits per heavy atom. The fraction of sp³-hybridized carbons (Fsp3) is 0.0952. The summed E-state index contributed by atoms with van der Waals surface area (Å²) in [7, 11) is 0.